The molecule has 2 heterocycles. The van der Waals surface area contributed by atoms with E-state index in [1.54, 1.807) is 24.5 Å². The summed E-state index contributed by atoms with van der Waals surface area (Å²) in [6.07, 6.45) is 4.49. The molecular weight excluding hydrogens is 504 g/mol. The first kappa shape index (κ1) is 25.0. The Morgan fingerprint density at radius 2 is 1.97 bits per heavy atom. The van der Waals surface area contributed by atoms with Gasteiger partial charge in [0.05, 0.1) is 18.7 Å². The van der Waals surface area contributed by atoms with Crippen LogP contribution in [0.3, 0.4) is 0 Å². The van der Waals surface area contributed by atoms with Crippen molar-refractivity contribution in [1.82, 2.24) is 18.7 Å². The number of rotatable bonds is 8. The average Bonchev–Trinajstić information content (AvgIpc) is 3.16. The molecule has 178 valence electrons. The summed E-state index contributed by atoms with van der Waals surface area (Å²) in [4.78, 5) is 42.2. The van der Waals surface area contributed by atoms with Gasteiger partial charge in [-0.1, -0.05) is 40.7 Å². The Hall–Kier alpha value is -3.66. The maximum atomic E-state index is 13.1. The number of allylic oxidation sites excluding steroid dienone is 2. The van der Waals surface area contributed by atoms with Gasteiger partial charge in [-0.05, 0) is 43.7 Å². The van der Waals surface area contributed by atoms with Crippen LogP contribution in [0.25, 0.3) is 11.2 Å². The van der Waals surface area contributed by atoms with Crippen molar-refractivity contribution in [2.24, 2.45) is 14.1 Å². The predicted octanol–water partition coefficient (Wildman–Crippen LogP) is 3.20. The third-order valence-corrected chi connectivity index (χ3v) is 5.56. The highest BCUT2D eigenvalue weighted by molar-refractivity contribution is 9.10. The summed E-state index contributed by atoms with van der Waals surface area (Å²) >= 11 is 3.46. The van der Waals surface area contributed by atoms with Crippen molar-refractivity contribution in [3.63, 3.8) is 0 Å². The van der Waals surface area contributed by atoms with Crippen molar-refractivity contribution in [3.05, 3.63) is 91.3 Å². The molecule has 1 aromatic carbocycles. The normalized spacial score (nSPS) is 12.1. The van der Waals surface area contributed by atoms with Gasteiger partial charge in [0.2, 0.25) is 0 Å². The zero-order valence-electron chi connectivity index (χ0n) is 19.4. The van der Waals surface area contributed by atoms with E-state index in [1.165, 1.54) is 30.8 Å². The maximum Gasteiger partial charge on any atom is 0.338 e. The number of hydrogen-bond acceptors (Lipinski definition) is 6. The molecule has 0 aliphatic heterocycles. The minimum atomic E-state index is -0.542. The number of nitrogens with zero attached hydrogens (tertiary/aromatic N) is 4. The molecule has 0 aliphatic rings. The van der Waals surface area contributed by atoms with Crippen LogP contribution in [0, 0.1) is 0 Å². The molecule has 9 nitrogen and oxygen atoms in total. The van der Waals surface area contributed by atoms with Gasteiger partial charge in [-0.25, -0.2) is 9.59 Å². The molecule has 3 aromatic rings. The summed E-state index contributed by atoms with van der Waals surface area (Å²) < 4.78 is 15.9. The summed E-state index contributed by atoms with van der Waals surface area (Å²) in [6.45, 7) is 7.57. The summed E-state index contributed by atoms with van der Waals surface area (Å²) in [6, 6.07) is 7.67. The van der Waals surface area contributed by atoms with Crippen molar-refractivity contribution in [2.75, 3.05) is 6.61 Å². The van der Waals surface area contributed by atoms with E-state index in [4.69, 9.17) is 9.47 Å². The van der Waals surface area contributed by atoms with Gasteiger partial charge in [0.25, 0.3) is 5.56 Å². The van der Waals surface area contributed by atoms with Gasteiger partial charge in [-0.15, -0.1) is 0 Å². The lowest BCUT2D eigenvalue weighted by atomic mass is 10.2. The van der Waals surface area contributed by atoms with Crippen LogP contribution in [0.2, 0.25) is 0 Å². The van der Waals surface area contributed by atoms with E-state index in [2.05, 4.69) is 27.5 Å². The zero-order valence-corrected chi connectivity index (χ0v) is 21.0. The number of hydrogen-bond donors (Lipinski definition) is 0. The highest BCUT2D eigenvalue weighted by Gasteiger charge is 2.21. The minimum Gasteiger partial charge on any atom is -0.462 e. The van der Waals surface area contributed by atoms with Crippen LogP contribution >= 0.6 is 15.9 Å². The molecule has 2 aromatic heterocycles. The Morgan fingerprint density at radius 1 is 1.24 bits per heavy atom. The Bertz CT molecular complexity index is 1440. The highest BCUT2D eigenvalue weighted by atomic mass is 79.9. The van der Waals surface area contributed by atoms with E-state index in [9.17, 15) is 14.4 Å². The van der Waals surface area contributed by atoms with E-state index in [0.717, 1.165) is 14.6 Å². The molecule has 0 spiro atoms. The molecule has 0 aliphatic carbocycles. The Kier molecular flexibility index (Phi) is 7.72. The number of esters is 1. The van der Waals surface area contributed by atoms with Crippen molar-refractivity contribution >= 4 is 33.1 Å². The summed E-state index contributed by atoms with van der Waals surface area (Å²) in [7, 11) is 2.95. The van der Waals surface area contributed by atoms with E-state index in [-0.39, 0.29) is 41.7 Å². The quantitative estimate of drug-likeness (QED) is 0.193. The molecule has 0 saturated carbocycles. The van der Waals surface area contributed by atoms with Gasteiger partial charge in [0.1, 0.15) is 5.76 Å². The van der Waals surface area contributed by atoms with Gasteiger partial charge in [0.15, 0.2) is 11.2 Å². The monoisotopic (exact) mass is 528 g/mol. The maximum absolute atomic E-state index is 13.1. The minimum absolute atomic E-state index is 0.0879. The molecule has 10 heteroatoms. The molecule has 34 heavy (non-hydrogen) atoms. The van der Waals surface area contributed by atoms with Crippen LogP contribution in [0.15, 0.2) is 74.5 Å². The lowest BCUT2D eigenvalue weighted by molar-refractivity contribution is -0.138. The standard InChI is InChI=1S/C24H25BrN4O5/c1-6-16(22(31)33-8-3)13-18(7-2)34-23-26-20-19(21(30)28(5)24(32)27(20)4)29(23)14-15-10-9-11-17(25)12-15/h6-7,9-13H,1,8,14H2,2-5H3/b16-13+,18-7+. The van der Waals surface area contributed by atoms with Crippen LogP contribution in [0.4, 0.5) is 0 Å². The second kappa shape index (κ2) is 10.5. The predicted molar refractivity (Wildman–Crippen MR) is 133 cm³/mol. The van der Waals surface area contributed by atoms with E-state index < -0.39 is 17.2 Å². The first-order valence-corrected chi connectivity index (χ1v) is 11.3. The summed E-state index contributed by atoms with van der Waals surface area (Å²) in [5, 5.41) is 0. The number of carbonyl (C=O) groups is 1. The van der Waals surface area contributed by atoms with Crippen LogP contribution in [-0.2, 0) is 30.2 Å². The highest BCUT2D eigenvalue weighted by Crippen LogP contribution is 2.23. The van der Waals surface area contributed by atoms with Crippen molar-refractivity contribution in [3.8, 4) is 6.01 Å². The number of halogens is 1. The van der Waals surface area contributed by atoms with Crippen LogP contribution in [0.5, 0.6) is 6.01 Å². The third-order valence-electron chi connectivity index (χ3n) is 5.07. The van der Waals surface area contributed by atoms with Gasteiger partial charge < -0.3 is 9.47 Å². The first-order valence-electron chi connectivity index (χ1n) is 10.5. The number of fused-ring (bicyclic) bond motifs is 1. The van der Waals surface area contributed by atoms with Crippen LogP contribution in [0.1, 0.15) is 19.4 Å². The molecule has 0 N–H and O–H groups in total. The molecule has 0 unspecified atom stereocenters. The number of carbonyl (C=O) groups excluding carboxylic acids is 1. The second-order valence-electron chi connectivity index (χ2n) is 7.31. The topological polar surface area (TPSA) is 97.4 Å². The smallest absolute Gasteiger partial charge is 0.338 e. The van der Waals surface area contributed by atoms with Gasteiger partial charge >= 0.3 is 17.7 Å². The molecule has 0 fully saturated rings. The van der Waals surface area contributed by atoms with E-state index in [0.29, 0.717) is 0 Å². The summed E-state index contributed by atoms with van der Waals surface area (Å²) in [5.74, 6) is -0.255. The fraction of sp³-hybridized carbons (Fsp3) is 0.250. The number of benzene rings is 1. The Morgan fingerprint density at radius 3 is 2.59 bits per heavy atom. The lowest BCUT2D eigenvalue weighted by Gasteiger charge is -2.11. The summed E-state index contributed by atoms with van der Waals surface area (Å²) in [5.41, 5.74) is 0.489. The molecule has 0 amide bonds. The van der Waals surface area contributed by atoms with Gasteiger partial charge in [-0.3, -0.25) is 18.5 Å². The zero-order chi connectivity index (χ0) is 25.0. The van der Waals surface area contributed by atoms with E-state index in [1.807, 2.05) is 24.3 Å². The van der Waals surface area contributed by atoms with Crippen LogP contribution in [-0.4, -0.2) is 31.3 Å². The SMILES string of the molecule is C=C/C(=C\C(=C/C)Oc1nc2c(c(=O)n(C)c(=O)n2C)n1Cc1cccc(Br)c1)C(=O)OCC. The fourth-order valence-electron chi connectivity index (χ4n) is 3.32. The van der Waals surface area contributed by atoms with Gasteiger partial charge in [0, 0.05) is 18.6 Å². The number of aromatic nitrogens is 4. The third kappa shape index (κ3) is 4.96. The van der Waals surface area contributed by atoms with Crippen molar-refractivity contribution in [2.45, 2.75) is 20.4 Å². The first-order chi connectivity index (χ1) is 16.2. The molecule has 0 radical (unpaired) electrons. The molecule has 0 saturated heterocycles. The largest absolute Gasteiger partial charge is 0.462 e. The molecular formula is C24H25BrN4O5. The Balaban J connectivity index is 2.19. The average molecular weight is 529 g/mol. The molecule has 0 bridgehead atoms. The molecule has 0 atom stereocenters. The van der Waals surface area contributed by atoms with Crippen molar-refractivity contribution in [1.29, 1.82) is 0 Å². The van der Waals surface area contributed by atoms with E-state index >= 15 is 0 Å². The number of imidazole rings is 1. The number of aryl methyl sites for hydroxylation is 1. The second-order valence-corrected chi connectivity index (χ2v) is 8.22. The van der Waals surface area contributed by atoms with Crippen LogP contribution < -0.4 is 16.0 Å². The molecule has 3 rings (SSSR count). The Labute approximate surface area is 204 Å². The fourth-order valence-corrected chi connectivity index (χ4v) is 3.76. The van der Waals surface area contributed by atoms with Gasteiger partial charge in [-0.2, -0.15) is 4.98 Å². The number of ether oxygens (including phenoxy) is 2. The van der Waals surface area contributed by atoms with Crippen molar-refractivity contribution < 1.29 is 14.3 Å². The lowest BCUT2D eigenvalue weighted by Crippen LogP contribution is -2.37.